The van der Waals surface area contributed by atoms with Gasteiger partial charge in [-0.25, -0.2) is 9.37 Å². The van der Waals surface area contributed by atoms with E-state index >= 15 is 0 Å². The van der Waals surface area contributed by atoms with Crippen molar-refractivity contribution in [2.45, 2.75) is 32.3 Å². The van der Waals surface area contributed by atoms with Gasteiger partial charge >= 0.3 is 0 Å². The third-order valence-electron chi connectivity index (χ3n) is 3.47. The minimum absolute atomic E-state index is 0.0336. The number of benzene rings is 1. The number of aromatic amines is 1. The van der Waals surface area contributed by atoms with Crippen LogP contribution >= 0.6 is 11.8 Å². The fraction of sp³-hybridized carbons (Fsp3) is 0.333. The summed E-state index contributed by atoms with van der Waals surface area (Å²) in [6.07, 6.45) is 0.937. The maximum absolute atomic E-state index is 13.0. The number of anilines is 2. The maximum Gasteiger partial charge on any atom is 0.277 e. The molecule has 1 aromatic heterocycles. The summed E-state index contributed by atoms with van der Waals surface area (Å²) in [5.41, 5.74) is -0.594. The van der Waals surface area contributed by atoms with Gasteiger partial charge in [0.2, 0.25) is 5.91 Å². The number of carbonyl (C=O) groups excluding carboxylic acids is 2. The molecule has 7 nitrogen and oxygen atoms in total. The number of hydrogen-bond donors (Lipinski definition) is 3. The lowest BCUT2D eigenvalue weighted by Gasteiger charge is -2.12. The Morgan fingerprint density at radius 1 is 1.22 bits per heavy atom. The van der Waals surface area contributed by atoms with Crippen LogP contribution in [0.2, 0.25) is 0 Å². The molecule has 0 aliphatic rings. The quantitative estimate of drug-likeness (QED) is 0.496. The topological polar surface area (TPSA) is 104 Å². The SMILES string of the molecule is CC(=O)Nc1nc(SCCC(C)C)[nH]c(=O)c1NC(=O)c1ccc(F)cc1. The first-order valence-corrected chi connectivity index (χ1v) is 9.36. The molecule has 2 aromatic rings. The van der Waals surface area contributed by atoms with Gasteiger partial charge in [-0.05, 0) is 36.6 Å². The Labute approximate surface area is 160 Å². The van der Waals surface area contributed by atoms with Crippen LogP contribution in [0.15, 0.2) is 34.2 Å². The van der Waals surface area contributed by atoms with Gasteiger partial charge in [-0.2, -0.15) is 0 Å². The van der Waals surface area contributed by atoms with Crippen molar-refractivity contribution in [2.24, 2.45) is 5.92 Å². The molecule has 27 heavy (non-hydrogen) atoms. The minimum Gasteiger partial charge on any atom is -0.314 e. The number of H-pyrrole nitrogens is 1. The molecule has 0 saturated heterocycles. The Balaban J connectivity index is 2.27. The number of nitrogens with zero attached hydrogens (tertiary/aromatic N) is 1. The summed E-state index contributed by atoms with van der Waals surface area (Å²) < 4.78 is 13.0. The molecule has 2 amide bonds. The zero-order valence-corrected chi connectivity index (χ0v) is 16.1. The monoisotopic (exact) mass is 392 g/mol. The number of aromatic nitrogens is 2. The second-order valence-corrected chi connectivity index (χ2v) is 7.35. The van der Waals surface area contributed by atoms with E-state index in [1.165, 1.54) is 30.8 Å². The Morgan fingerprint density at radius 2 is 1.89 bits per heavy atom. The van der Waals surface area contributed by atoms with Crippen LogP contribution in [0.4, 0.5) is 15.9 Å². The van der Waals surface area contributed by atoms with Crippen molar-refractivity contribution in [3.63, 3.8) is 0 Å². The standard InChI is InChI=1S/C18H21FN4O3S/c1-10(2)8-9-27-18-22-15(20-11(3)24)14(17(26)23-18)21-16(25)12-4-6-13(19)7-5-12/h4-7,10H,8-9H2,1-3H3,(H,21,25)(H2,20,22,23,24,26). The van der Waals surface area contributed by atoms with Crippen LogP contribution in [0.3, 0.4) is 0 Å². The highest BCUT2D eigenvalue weighted by molar-refractivity contribution is 7.99. The van der Waals surface area contributed by atoms with Gasteiger partial charge in [-0.1, -0.05) is 25.6 Å². The van der Waals surface area contributed by atoms with Crippen molar-refractivity contribution in [1.29, 1.82) is 0 Å². The number of nitrogens with one attached hydrogen (secondary N) is 3. The van der Waals surface area contributed by atoms with E-state index in [1.54, 1.807) is 0 Å². The van der Waals surface area contributed by atoms with Crippen molar-refractivity contribution >= 4 is 35.1 Å². The molecule has 0 radical (unpaired) electrons. The number of halogens is 1. The van der Waals surface area contributed by atoms with E-state index in [2.05, 4.69) is 34.4 Å². The number of carbonyl (C=O) groups is 2. The summed E-state index contributed by atoms with van der Waals surface area (Å²) in [5.74, 6) is -0.297. The summed E-state index contributed by atoms with van der Waals surface area (Å²) in [5, 5.41) is 5.24. The number of thioether (sulfide) groups is 1. The first-order chi connectivity index (χ1) is 12.8. The second kappa shape index (κ2) is 9.31. The Hall–Kier alpha value is -2.68. The van der Waals surface area contributed by atoms with Crippen LogP contribution in [0.5, 0.6) is 0 Å². The molecule has 0 aliphatic heterocycles. The summed E-state index contributed by atoms with van der Waals surface area (Å²) >= 11 is 1.36. The van der Waals surface area contributed by atoms with Crippen LogP contribution in [-0.4, -0.2) is 27.5 Å². The minimum atomic E-state index is -0.617. The van der Waals surface area contributed by atoms with E-state index in [9.17, 15) is 18.8 Å². The molecular formula is C18H21FN4O3S. The molecular weight excluding hydrogens is 371 g/mol. The van der Waals surface area contributed by atoms with Gasteiger partial charge in [0.25, 0.3) is 11.5 Å². The number of amides is 2. The van der Waals surface area contributed by atoms with Gasteiger partial charge in [-0.15, -0.1) is 0 Å². The summed E-state index contributed by atoms with van der Waals surface area (Å²) in [7, 11) is 0. The molecule has 0 fully saturated rings. The molecule has 144 valence electrons. The van der Waals surface area contributed by atoms with Gasteiger partial charge in [0.1, 0.15) is 5.82 Å². The van der Waals surface area contributed by atoms with Gasteiger partial charge in [-0.3, -0.25) is 19.4 Å². The van der Waals surface area contributed by atoms with Crippen LogP contribution in [0.25, 0.3) is 0 Å². The van der Waals surface area contributed by atoms with Crippen LogP contribution in [0.1, 0.15) is 37.6 Å². The molecule has 0 atom stereocenters. The predicted octanol–water partition coefficient (Wildman–Crippen LogP) is 3.26. The summed E-state index contributed by atoms with van der Waals surface area (Å²) in [6.45, 7) is 5.46. The van der Waals surface area contributed by atoms with Crippen molar-refractivity contribution in [1.82, 2.24) is 9.97 Å². The van der Waals surface area contributed by atoms with Crippen LogP contribution < -0.4 is 16.2 Å². The van der Waals surface area contributed by atoms with E-state index in [0.29, 0.717) is 11.1 Å². The van der Waals surface area contributed by atoms with E-state index in [4.69, 9.17) is 0 Å². The lowest BCUT2D eigenvalue weighted by atomic mass is 10.2. The van der Waals surface area contributed by atoms with Gasteiger partial charge in [0.15, 0.2) is 16.7 Å². The van der Waals surface area contributed by atoms with E-state index in [1.807, 2.05) is 0 Å². The molecule has 0 bridgehead atoms. The fourth-order valence-corrected chi connectivity index (χ4v) is 3.18. The molecule has 1 heterocycles. The summed E-state index contributed by atoms with van der Waals surface area (Å²) in [6, 6.07) is 4.86. The molecule has 0 unspecified atom stereocenters. The first-order valence-electron chi connectivity index (χ1n) is 8.38. The van der Waals surface area contributed by atoms with Crippen molar-refractivity contribution in [2.75, 3.05) is 16.4 Å². The molecule has 0 spiro atoms. The number of rotatable bonds is 7. The highest BCUT2D eigenvalue weighted by Crippen LogP contribution is 2.21. The lowest BCUT2D eigenvalue weighted by molar-refractivity contribution is -0.114. The van der Waals surface area contributed by atoms with Crippen LogP contribution in [0, 0.1) is 11.7 Å². The van der Waals surface area contributed by atoms with Crippen molar-refractivity contribution in [3.8, 4) is 0 Å². The third kappa shape index (κ3) is 6.21. The molecule has 0 aliphatic carbocycles. The summed E-state index contributed by atoms with van der Waals surface area (Å²) in [4.78, 5) is 43.0. The predicted molar refractivity (Wildman–Crippen MR) is 104 cm³/mol. The van der Waals surface area contributed by atoms with Crippen molar-refractivity contribution < 1.29 is 14.0 Å². The molecule has 9 heteroatoms. The zero-order valence-electron chi connectivity index (χ0n) is 15.3. The average molecular weight is 392 g/mol. The first kappa shape index (κ1) is 20.6. The largest absolute Gasteiger partial charge is 0.314 e. The van der Waals surface area contributed by atoms with Gasteiger partial charge < -0.3 is 10.6 Å². The third-order valence-corrected chi connectivity index (χ3v) is 4.38. The maximum atomic E-state index is 13.0. The molecule has 0 saturated carbocycles. The average Bonchev–Trinajstić information content (AvgIpc) is 2.57. The molecule has 2 rings (SSSR count). The van der Waals surface area contributed by atoms with Crippen LogP contribution in [-0.2, 0) is 4.79 Å². The fourth-order valence-electron chi connectivity index (χ4n) is 2.07. The lowest BCUT2D eigenvalue weighted by Crippen LogP contribution is -2.24. The zero-order chi connectivity index (χ0) is 20.0. The second-order valence-electron chi connectivity index (χ2n) is 6.27. The smallest absolute Gasteiger partial charge is 0.277 e. The molecule has 1 aromatic carbocycles. The molecule has 3 N–H and O–H groups in total. The van der Waals surface area contributed by atoms with E-state index in [-0.39, 0.29) is 17.1 Å². The highest BCUT2D eigenvalue weighted by atomic mass is 32.2. The Bertz CT molecular complexity index is 881. The van der Waals surface area contributed by atoms with Gasteiger partial charge in [0.05, 0.1) is 0 Å². The highest BCUT2D eigenvalue weighted by Gasteiger charge is 2.17. The normalized spacial score (nSPS) is 10.7. The Morgan fingerprint density at radius 3 is 2.48 bits per heavy atom. The van der Waals surface area contributed by atoms with Crippen molar-refractivity contribution in [3.05, 3.63) is 46.0 Å². The van der Waals surface area contributed by atoms with E-state index in [0.717, 1.165) is 24.3 Å². The van der Waals surface area contributed by atoms with Gasteiger partial charge in [0, 0.05) is 18.2 Å². The Kier molecular flexibility index (Phi) is 7.12. The number of hydrogen-bond acceptors (Lipinski definition) is 5. The van der Waals surface area contributed by atoms with E-state index < -0.39 is 23.2 Å².